The van der Waals surface area contributed by atoms with Crippen molar-refractivity contribution in [2.24, 2.45) is 0 Å². The van der Waals surface area contributed by atoms with Crippen molar-refractivity contribution >= 4 is 40.6 Å². The number of hydrogen-bond acceptors (Lipinski definition) is 5. The number of rotatable bonds is 5. The van der Waals surface area contributed by atoms with Crippen LogP contribution in [0, 0.1) is 18.3 Å². The van der Waals surface area contributed by atoms with Gasteiger partial charge in [0.2, 0.25) is 0 Å². The summed E-state index contributed by atoms with van der Waals surface area (Å²) < 4.78 is 5.80. The lowest BCUT2D eigenvalue weighted by Gasteiger charge is -2.12. The van der Waals surface area contributed by atoms with Gasteiger partial charge in [0, 0.05) is 33.6 Å². The Morgan fingerprint density at radius 2 is 1.91 bits per heavy atom. The molecule has 1 heterocycles. The number of ether oxygens (including phenoxy) is 1. The number of fused-ring (bicyclic) bond motifs is 1. The average molecular weight is 445 g/mol. The number of nitriles is 1. The summed E-state index contributed by atoms with van der Waals surface area (Å²) in [6.07, 6.45) is 0. The molecular weight excluding hydrogens is 424 g/mol. The van der Waals surface area contributed by atoms with Gasteiger partial charge in [0.25, 0.3) is 5.91 Å². The molecule has 0 bridgehead atoms. The number of nitrogens with zero attached hydrogens (tertiary/aromatic N) is 2. The minimum Gasteiger partial charge on any atom is -0.489 e. The van der Waals surface area contributed by atoms with E-state index < -0.39 is 0 Å². The van der Waals surface area contributed by atoms with Crippen molar-refractivity contribution in [1.82, 2.24) is 4.98 Å². The quantitative estimate of drug-likeness (QED) is 0.437. The lowest BCUT2D eigenvalue weighted by atomic mass is 10.1. The van der Waals surface area contributed by atoms with Crippen molar-refractivity contribution in [3.8, 4) is 11.8 Å². The fraction of sp³-hybridized carbons (Fsp3) is 0.0800. The SMILES string of the molecule is Cc1cc(N)c2cc(NC(=O)c3ccccc3COc3cccc(C#N)c3)ccc2n1.Cl. The van der Waals surface area contributed by atoms with Crippen molar-refractivity contribution in [3.05, 3.63) is 95.2 Å². The molecule has 4 aromatic rings. The number of aromatic nitrogens is 1. The summed E-state index contributed by atoms with van der Waals surface area (Å²) in [5.74, 6) is 0.324. The summed E-state index contributed by atoms with van der Waals surface area (Å²) >= 11 is 0. The number of nitrogens with one attached hydrogen (secondary N) is 1. The Morgan fingerprint density at radius 3 is 2.72 bits per heavy atom. The Hall–Kier alpha value is -4.08. The molecule has 0 unspecified atom stereocenters. The molecule has 1 aromatic heterocycles. The standard InChI is InChI=1S/C25H20N4O2.ClH/c1-16-11-23(27)22-13-19(9-10-24(22)28-16)29-25(30)21-8-3-2-6-18(21)15-31-20-7-4-5-17(12-20)14-26;/h2-13H,15H2,1H3,(H2,27,28)(H,29,30);1H. The molecule has 0 fully saturated rings. The second-order valence-corrected chi connectivity index (χ2v) is 7.12. The third kappa shape index (κ3) is 4.97. The van der Waals surface area contributed by atoms with Crippen LogP contribution in [0.1, 0.15) is 27.2 Å². The number of carbonyl (C=O) groups excluding carboxylic acids is 1. The van der Waals surface area contributed by atoms with Crippen LogP contribution in [0.25, 0.3) is 10.9 Å². The largest absolute Gasteiger partial charge is 0.489 e. The van der Waals surface area contributed by atoms with Crippen molar-refractivity contribution in [3.63, 3.8) is 0 Å². The smallest absolute Gasteiger partial charge is 0.256 e. The molecule has 0 aliphatic rings. The molecule has 4 rings (SSSR count). The van der Waals surface area contributed by atoms with Crippen LogP contribution in [0.5, 0.6) is 5.75 Å². The van der Waals surface area contributed by atoms with Gasteiger partial charge in [0.15, 0.2) is 0 Å². The summed E-state index contributed by atoms with van der Waals surface area (Å²) in [7, 11) is 0. The van der Waals surface area contributed by atoms with E-state index in [1.807, 2.05) is 37.3 Å². The van der Waals surface area contributed by atoms with Crippen LogP contribution in [0.4, 0.5) is 11.4 Å². The molecule has 0 spiro atoms. The summed E-state index contributed by atoms with van der Waals surface area (Å²) in [5.41, 5.74) is 10.8. The number of halogens is 1. The van der Waals surface area contributed by atoms with Gasteiger partial charge in [-0.3, -0.25) is 9.78 Å². The van der Waals surface area contributed by atoms with E-state index in [9.17, 15) is 4.79 Å². The summed E-state index contributed by atoms with van der Waals surface area (Å²) in [6.45, 7) is 2.09. The van der Waals surface area contributed by atoms with Gasteiger partial charge in [-0.2, -0.15) is 5.26 Å². The van der Waals surface area contributed by atoms with Crippen LogP contribution in [0.2, 0.25) is 0 Å². The van der Waals surface area contributed by atoms with E-state index in [1.54, 1.807) is 42.5 Å². The van der Waals surface area contributed by atoms with Crippen LogP contribution in [0.15, 0.2) is 72.8 Å². The summed E-state index contributed by atoms with van der Waals surface area (Å²) in [5, 5.41) is 12.7. The molecule has 3 aromatic carbocycles. The summed E-state index contributed by atoms with van der Waals surface area (Å²) in [6, 6.07) is 23.5. The molecule has 0 atom stereocenters. The van der Waals surface area contributed by atoms with Crippen molar-refractivity contribution in [1.29, 1.82) is 5.26 Å². The van der Waals surface area contributed by atoms with Gasteiger partial charge in [-0.1, -0.05) is 24.3 Å². The van der Waals surface area contributed by atoms with Crippen LogP contribution >= 0.6 is 12.4 Å². The average Bonchev–Trinajstić information content (AvgIpc) is 2.78. The zero-order chi connectivity index (χ0) is 21.8. The number of anilines is 2. The Bertz CT molecular complexity index is 1330. The fourth-order valence-corrected chi connectivity index (χ4v) is 3.35. The topological polar surface area (TPSA) is 101 Å². The fourth-order valence-electron chi connectivity index (χ4n) is 3.35. The number of aryl methyl sites for hydroxylation is 1. The van der Waals surface area contributed by atoms with E-state index >= 15 is 0 Å². The van der Waals surface area contributed by atoms with Crippen molar-refractivity contribution in [2.45, 2.75) is 13.5 Å². The van der Waals surface area contributed by atoms with E-state index in [1.165, 1.54) is 0 Å². The number of nitrogens with two attached hydrogens (primary N) is 1. The maximum atomic E-state index is 13.0. The first-order valence-electron chi connectivity index (χ1n) is 9.72. The Kier molecular flexibility index (Phi) is 6.93. The third-order valence-corrected chi connectivity index (χ3v) is 4.85. The number of nitrogen functional groups attached to an aromatic ring is 1. The first-order chi connectivity index (χ1) is 15.0. The van der Waals surface area contributed by atoms with Gasteiger partial charge >= 0.3 is 0 Å². The Labute approximate surface area is 192 Å². The number of benzene rings is 3. The molecule has 0 saturated carbocycles. The highest BCUT2D eigenvalue weighted by Crippen LogP contribution is 2.25. The van der Waals surface area contributed by atoms with Crippen LogP contribution in [-0.2, 0) is 6.61 Å². The molecule has 0 saturated heterocycles. The number of amides is 1. The zero-order valence-electron chi connectivity index (χ0n) is 17.3. The molecule has 32 heavy (non-hydrogen) atoms. The Morgan fingerprint density at radius 1 is 1.09 bits per heavy atom. The van der Waals surface area contributed by atoms with E-state index in [4.69, 9.17) is 15.7 Å². The van der Waals surface area contributed by atoms with Gasteiger partial charge in [-0.05, 0) is 55.5 Å². The molecule has 0 aliphatic carbocycles. The monoisotopic (exact) mass is 444 g/mol. The molecule has 160 valence electrons. The van der Waals surface area contributed by atoms with Gasteiger partial charge in [0.05, 0.1) is 17.1 Å². The number of carbonyl (C=O) groups is 1. The highest BCUT2D eigenvalue weighted by Gasteiger charge is 2.13. The normalized spacial score (nSPS) is 10.1. The summed E-state index contributed by atoms with van der Waals surface area (Å²) in [4.78, 5) is 17.4. The maximum Gasteiger partial charge on any atom is 0.256 e. The lowest BCUT2D eigenvalue weighted by Crippen LogP contribution is -2.15. The van der Waals surface area contributed by atoms with E-state index in [0.29, 0.717) is 28.3 Å². The highest BCUT2D eigenvalue weighted by molar-refractivity contribution is 6.06. The Balaban J connectivity index is 0.00000289. The first kappa shape index (κ1) is 22.6. The second kappa shape index (κ2) is 9.82. The van der Waals surface area contributed by atoms with Gasteiger partial charge in [-0.25, -0.2) is 0 Å². The number of hydrogen-bond donors (Lipinski definition) is 2. The maximum absolute atomic E-state index is 13.0. The molecule has 0 radical (unpaired) electrons. The first-order valence-corrected chi connectivity index (χ1v) is 9.72. The van der Waals surface area contributed by atoms with Crippen molar-refractivity contribution in [2.75, 3.05) is 11.1 Å². The predicted molar refractivity (Wildman–Crippen MR) is 128 cm³/mol. The van der Waals surface area contributed by atoms with Gasteiger partial charge < -0.3 is 15.8 Å². The third-order valence-electron chi connectivity index (χ3n) is 4.85. The van der Waals surface area contributed by atoms with Gasteiger partial charge in [-0.15, -0.1) is 12.4 Å². The second-order valence-electron chi connectivity index (χ2n) is 7.12. The zero-order valence-corrected chi connectivity index (χ0v) is 18.1. The molecule has 7 heteroatoms. The molecule has 6 nitrogen and oxygen atoms in total. The molecule has 1 amide bonds. The minimum atomic E-state index is -0.247. The van der Waals surface area contributed by atoms with Crippen LogP contribution in [-0.4, -0.2) is 10.9 Å². The van der Waals surface area contributed by atoms with Crippen molar-refractivity contribution < 1.29 is 9.53 Å². The van der Waals surface area contributed by atoms with E-state index in [0.717, 1.165) is 22.2 Å². The van der Waals surface area contributed by atoms with E-state index in [2.05, 4.69) is 16.4 Å². The lowest BCUT2D eigenvalue weighted by molar-refractivity contribution is 0.102. The minimum absolute atomic E-state index is 0. The van der Waals surface area contributed by atoms with Crippen LogP contribution in [0.3, 0.4) is 0 Å². The molecular formula is C25H21ClN4O2. The van der Waals surface area contributed by atoms with E-state index in [-0.39, 0.29) is 24.9 Å². The highest BCUT2D eigenvalue weighted by atomic mass is 35.5. The molecule has 0 aliphatic heterocycles. The number of pyridine rings is 1. The van der Waals surface area contributed by atoms with Gasteiger partial charge in [0.1, 0.15) is 12.4 Å². The predicted octanol–water partition coefficient (Wildman–Crippen LogP) is 5.25. The van der Waals surface area contributed by atoms with Crippen LogP contribution < -0.4 is 15.8 Å². The molecule has 3 N–H and O–H groups in total.